The third-order valence-electron chi connectivity index (χ3n) is 4.38. The predicted molar refractivity (Wildman–Crippen MR) is 99.7 cm³/mol. The number of fused-ring (bicyclic) bond motifs is 2. The lowest BCUT2D eigenvalue weighted by Gasteiger charge is -2.13. The molecule has 2 aromatic carbocycles. The molecule has 1 amide bonds. The fraction of sp³-hybridized carbons (Fsp3) is 0.300. The quantitative estimate of drug-likeness (QED) is 0.783. The van der Waals surface area contributed by atoms with Crippen LogP contribution in [0.15, 0.2) is 42.5 Å². The fourth-order valence-corrected chi connectivity index (χ4v) is 3.25. The Bertz CT molecular complexity index is 953. The van der Waals surface area contributed by atoms with Crippen molar-refractivity contribution in [1.29, 1.82) is 0 Å². The Balaban J connectivity index is 1.62. The number of benzene rings is 2. The number of hydrogen-bond donors (Lipinski definition) is 1. The van der Waals surface area contributed by atoms with Crippen molar-refractivity contribution in [3.05, 3.63) is 48.0 Å². The van der Waals surface area contributed by atoms with Gasteiger partial charge in [0.25, 0.3) is 5.91 Å². The Labute approximate surface area is 151 Å². The van der Waals surface area contributed by atoms with Gasteiger partial charge in [-0.2, -0.15) is 5.10 Å². The van der Waals surface area contributed by atoms with Crippen LogP contribution in [0.3, 0.4) is 0 Å². The molecule has 1 atom stereocenters. The molecule has 3 aromatic rings. The van der Waals surface area contributed by atoms with Crippen LogP contribution in [-0.4, -0.2) is 27.9 Å². The van der Waals surface area contributed by atoms with Crippen LogP contribution in [0.4, 0.5) is 5.82 Å². The van der Waals surface area contributed by atoms with Crippen molar-refractivity contribution in [2.45, 2.75) is 32.5 Å². The minimum Gasteiger partial charge on any atom is -0.490 e. The second-order valence-electron chi connectivity index (χ2n) is 6.70. The number of nitrogens with one attached hydrogen (secondary N) is 1. The summed E-state index contributed by atoms with van der Waals surface area (Å²) in [5, 5.41) is 8.19. The fourth-order valence-electron chi connectivity index (χ4n) is 3.25. The van der Waals surface area contributed by atoms with Crippen molar-refractivity contribution >= 4 is 22.6 Å². The van der Waals surface area contributed by atoms with Crippen LogP contribution in [0.2, 0.25) is 0 Å². The van der Waals surface area contributed by atoms with E-state index in [2.05, 4.69) is 10.4 Å². The highest BCUT2D eigenvalue weighted by molar-refractivity contribution is 6.04. The van der Waals surface area contributed by atoms with Gasteiger partial charge in [0.1, 0.15) is 11.5 Å². The number of carbonyl (C=O) groups excluding carboxylic acids is 1. The van der Waals surface area contributed by atoms with Gasteiger partial charge < -0.3 is 14.8 Å². The van der Waals surface area contributed by atoms with E-state index in [-0.39, 0.29) is 12.0 Å². The molecule has 1 N–H and O–H groups in total. The third kappa shape index (κ3) is 2.87. The molecular formula is C20H21N3O3. The van der Waals surface area contributed by atoms with Gasteiger partial charge in [0.2, 0.25) is 0 Å². The highest BCUT2D eigenvalue weighted by atomic mass is 16.5. The Hall–Kier alpha value is -3.02. The lowest BCUT2D eigenvalue weighted by molar-refractivity contribution is -0.122. The molecule has 0 aliphatic carbocycles. The van der Waals surface area contributed by atoms with Gasteiger partial charge in [-0.15, -0.1) is 0 Å². The summed E-state index contributed by atoms with van der Waals surface area (Å²) in [6, 6.07) is 13.5. The Morgan fingerprint density at radius 3 is 2.85 bits per heavy atom. The SMILES string of the molecule is CC(C)Oc1cccc2c1c(NC(=O)[C@H]1Cc3ccccc3O1)nn2C. The molecule has 2 heterocycles. The number of para-hydroxylation sites is 1. The maximum Gasteiger partial charge on any atom is 0.267 e. The standard InChI is InChI=1S/C20H21N3O3/c1-12(2)25-16-10-6-8-14-18(16)19(22-23(14)3)21-20(24)17-11-13-7-4-5-9-15(13)26-17/h4-10,12,17H,11H2,1-3H3,(H,21,22,24)/t17-/m1/s1. The van der Waals surface area contributed by atoms with Crippen molar-refractivity contribution in [2.75, 3.05) is 5.32 Å². The maximum absolute atomic E-state index is 12.7. The maximum atomic E-state index is 12.7. The van der Waals surface area contributed by atoms with Crippen LogP contribution >= 0.6 is 0 Å². The summed E-state index contributed by atoms with van der Waals surface area (Å²) in [6.45, 7) is 3.94. The van der Waals surface area contributed by atoms with E-state index < -0.39 is 6.10 Å². The molecule has 26 heavy (non-hydrogen) atoms. The largest absolute Gasteiger partial charge is 0.490 e. The first-order chi connectivity index (χ1) is 12.5. The zero-order valence-corrected chi connectivity index (χ0v) is 15.0. The molecule has 134 valence electrons. The summed E-state index contributed by atoms with van der Waals surface area (Å²) in [5.74, 6) is 1.75. The number of anilines is 1. The number of hydrogen-bond acceptors (Lipinski definition) is 4. The Kier molecular flexibility index (Phi) is 4.03. The van der Waals surface area contributed by atoms with E-state index in [0.717, 1.165) is 22.2 Å². The number of rotatable bonds is 4. The molecule has 1 aliphatic rings. The molecule has 0 unspecified atom stereocenters. The van der Waals surface area contributed by atoms with E-state index in [4.69, 9.17) is 9.47 Å². The third-order valence-corrected chi connectivity index (χ3v) is 4.38. The van der Waals surface area contributed by atoms with Crippen LogP contribution in [0, 0.1) is 0 Å². The first-order valence-corrected chi connectivity index (χ1v) is 8.70. The topological polar surface area (TPSA) is 65.4 Å². The second-order valence-corrected chi connectivity index (χ2v) is 6.70. The van der Waals surface area contributed by atoms with Gasteiger partial charge in [0.05, 0.1) is 17.0 Å². The van der Waals surface area contributed by atoms with Crippen LogP contribution < -0.4 is 14.8 Å². The van der Waals surface area contributed by atoms with E-state index in [1.165, 1.54) is 0 Å². The highest BCUT2D eigenvalue weighted by Crippen LogP contribution is 2.33. The Morgan fingerprint density at radius 1 is 1.27 bits per heavy atom. The summed E-state index contributed by atoms with van der Waals surface area (Å²) < 4.78 is 13.4. The lowest BCUT2D eigenvalue weighted by Crippen LogP contribution is -2.31. The molecule has 1 aromatic heterocycles. The van der Waals surface area contributed by atoms with Crippen molar-refractivity contribution in [1.82, 2.24) is 9.78 Å². The first-order valence-electron chi connectivity index (χ1n) is 8.70. The molecule has 6 heteroatoms. The van der Waals surface area contributed by atoms with Gasteiger partial charge in [-0.3, -0.25) is 9.48 Å². The second kappa shape index (κ2) is 6.37. The number of amides is 1. The van der Waals surface area contributed by atoms with E-state index in [1.807, 2.05) is 63.4 Å². The molecule has 0 saturated heterocycles. The molecule has 0 radical (unpaired) electrons. The summed E-state index contributed by atoms with van der Waals surface area (Å²) in [4.78, 5) is 12.7. The van der Waals surface area contributed by atoms with Crippen LogP contribution in [0.25, 0.3) is 10.9 Å². The van der Waals surface area contributed by atoms with Crippen LogP contribution in [-0.2, 0) is 18.3 Å². The minimum absolute atomic E-state index is 0.0250. The van der Waals surface area contributed by atoms with E-state index in [9.17, 15) is 4.79 Å². The van der Waals surface area contributed by atoms with Gasteiger partial charge in [-0.05, 0) is 37.6 Å². The molecule has 1 aliphatic heterocycles. The molecule has 0 spiro atoms. The predicted octanol–water partition coefficient (Wildman–Crippen LogP) is 3.30. The van der Waals surface area contributed by atoms with Gasteiger partial charge in [0, 0.05) is 13.5 Å². The number of aromatic nitrogens is 2. The average molecular weight is 351 g/mol. The van der Waals surface area contributed by atoms with E-state index >= 15 is 0 Å². The lowest BCUT2D eigenvalue weighted by atomic mass is 10.1. The number of ether oxygens (including phenoxy) is 2. The number of aryl methyl sites for hydroxylation is 1. The molecule has 0 saturated carbocycles. The van der Waals surface area contributed by atoms with E-state index in [0.29, 0.717) is 18.0 Å². The molecule has 0 bridgehead atoms. The van der Waals surface area contributed by atoms with Crippen LogP contribution in [0.5, 0.6) is 11.5 Å². The van der Waals surface area contributed by atoms with Gasteiger partial charge in [-0.25, -0.2) is 0 Å². The monoisotopic (exact) mass is 351 g/mol. The average Bonchev–Trinajstić information content (AvgIpc) is 3.17. The minimum atomic E-state index is -0.553. The summed E-state index contributed by atoms with van der Waals surface area (Å²) >= 11 is 0. The number of carbonyl (C=O) groups is 1. The zero-order chi connectivity index (χ0) is 18.3. The highest BCUT2D eigenvalue weighted by Gasteiger charge is 2.30. The molecule has 0 fully saturated rings. The van der Waals surface area contributed by atoms with Crippen molar-refractivity contribution in [3.63, 3.8) is 0 Å². The summed E-state index contributed by atoms with van der Waals surface area (Å²) in [6.07, 6.45) is 0.0296. The normalized spacial score (nSPS) is 15.8. The first kappa shape index (κ1) is 16.4. The molecule has 4 rings (SSSR count). The van der Waals surface area contributed by atoms with Gasteiger partial charge in [-0.1, -0.05) is 24.3 Å². The van der Waals surface area contributed by atoms with Gasteiger partial charge >= 0.3 is 0 Å². The summed E-state index contributed by atoms with van der Waals surface area (Å²) in [7, 11) is 1.85. The smallest absolute Gasteiger partial charge is 0.267 e. The Morgan fingerprint density at radius 2 is 2.08 bits per heavy atom. The molecule has 6 nitrogen and oxygen atoms in total. The van der Waals surface area contributed by atoms with Gasteiger partial charge in [0.15, 0.2) is 11.9 Å². The van der Waals surface area contributed by atoms with Crippen molar-refractivity contribution < 1.29 is 14.3 Å². The summed E-state index contributed by atoms with van der Waals surface area (Å²) in [5.41, 5.74) is 1.94. The number of nitrogens with zero attached hydrogens (tertiary/aromatic N) is 2. The molecular weight excluding hydrogens is 330 g/mol. The van der Waals surface area contributed by atoms with Crippen molar-refractivity contribution in [3.8, 4) is 11.5 Å². The zero-order valence-electron chi connectivity index (χ0n) is 15.0. The van der Waals surface area contributed by atoms with E-state index in [1.54, 1.807) is 4.68 Å². The van der Waals surface area contributed by atoms with Crippen molar-refractivity contribution in [2.24, 2.45) is 7.05 Å². The van der Waals surface area contributed by atoms with Crippen LogP contribution in [0.1, 0.15) is 19.4 Å².